The summed E-state index contributed by atoms with van der Waals surface area (Å²) in [4.78, 5) is 26.9. The maximum Gasteiger partial charge on any atom is 0.254 e. The maximum absolute atomic E-state index is 12.5. The Morgan fingerprint density at radius 2 is 2.09 bits per heavy atom. The van der Waals surface area contributed by atoms with Crippen molar-refractivity contribution in [1.29, 1.82) is 0 Å². The molecule has 0 bridgehead atoms. The van der Waals surface area contributed by atoms with Crippen LogP contribution >= 0.6 is 23.4 Å². The summed E-state index contributed by atoms with van der Waals surface area (Å²) in [5.74, 6) is 0.717. The Bertz CT molecular complexity index is 1060. The van der Waals surface area contributed by atoms with Crippen LogP contribution in [0.25, 0.3) is 0 Å². The van der Waals surface area contributed by atoms with Gasteiger partial charge < -0.3 is 25.0 Å². The monoisotopic (exact) mass is 505 g/mol. The van der Waals surface area contributed by atoms with Crippen LogP contribution in [0.4, 0.5) is 5.82 Å². The van der Waals surface area contributed by atoms with E-state index in [0.29, 0.717) is 23.8 Å². The molecule has 2 fully saturated rings. The van der Waals surface area contributed by atoms with Gasteiger partial charge in [-0.25, -0.2) is 9.97 Å². The van der Waals surface area contributed by atoms with E-state index in [1.807, 2.05) is 19.1 Å². The number of nitrogens with zero attached hydrogens (tertiary/aromatic N) is 4. The molecule has 1 amide bonds. The van der Waals surface area contributed by atoms with Crippen LogP contribution in [-0.4, -0.2) is 74.3 Å². The van der Waals surface area contributed by atoms with Gasteiger partial charge >= 0.3 is 0 Å². The average Bonchev–Trinajstić information content (AvgIpc) is 3.16. The smallest absolute Gasteiger partial charge is 0.254 e. The fourth-order valence-electron chi connectivity index (χ4n) is 4.56. The molecular weight excluding hydrogens is 474 g/mol. The third-order valence-electron chi connectivity index (χ3n) is 6.70. The molecule has 1 aromatic carbocycles. The van der Waals surface area contributed by atoms with Crippen LogP contribution in [0.3, 0.4) is 0 Å². The highest BCUT2D eigenvalue weighted by Crippen LogP contribution is 2.41. The Labute approximate surface area is 210 Å². The lowest BCUT2D eigenvalue weighted by Crippen LogP contribution is -2.49. The number of piperidine rings is 1. The minimum atomic E-state index is -0.138. The largest absolute Gasteiger partial charge is 0.379 e. The van der Waals surface area contributed by atoms with Gasteiger partial charge in [0.1, 0.15) is 10.7 Å². The van der Waals surface area contributed by atoms with Gasteiger partial charge in [-0.15, -0.1) is 0 Å². The summed E-state index contributed by atoms with van der Waals surface area (Å²) in [6.45, 7) is 5.40. The average molecular weight is 506 g/mol. The number of hydrogen-bond acceptors (Lipinski definition) is 8. The quantitative estimate of drug-likeness (QED) is 0.638. The minimum absolute atomic E-state index is 0.0714. The van der Waals surface area contributed by atoms with E-state index in [0.717, 1.165) is 59.7 Å². The Hall–Kier alpha value is -1.91. The molecular formula is C24H32ClN5O3S. The number of aryl methyl sites for hydroxylation is 1. The number of ether oxygens (including phenoxy) is 2. The number of benzene rings is 1. The molecule has 0 saturated carbocycles. The van der Waals surface area contributed by atoms with E-state index in [1.54, 1.807) is 27.3 Å². The van der Waals surface area contributed by atoms with E-state index in [1.165, 1.54) is 16.7 Å². The molecule has 0 aliphatic carbocycles. The van der Waals surface area contributed by atoms with Gasteiger partial charge in [-0.05, 0) is 31.9 Å². The van der Waals surface area contributed by atoms with Crippen molar-refractivity contribution in [2.45, 2.75) is 42.3 Å². The molecule has 4 rings (SSSR count). The van der Waals surface area contributed by atoms with Crippen molar-refractivity contribution < 1.29 is 14.3 Å². The van der Waals surface area contributed by atoms with Crippen LogP contribution in [-0.2, 0) is 16.1 Å². The van der Waals surface area contributed by atoms with E-state index >= 15 is 0 Å². The van der Waals surface area contributed by atoms with Gasteiger partial charge in [-0.3, -0.25) is 4.79 Å². The zero-order valence-corrected chi connectivity index (χ0v) is 21.7. The predicted octanol–water partition coefficient (Wildman–Crippen LogP) is 3.38. The molecule has 0 radical (unpaired) electrons. The van der Waals surface area contributed by atoms with E-state index in [9.17, 15) is 4.79 Å². The standard InChI is InChI=1S/C24H32ClN5O3S/c1-15-22(34-18-7-5-6-16(20(18)25)23(31)29(2)3)28-17(12-32-4)21(27-15)30-10-8-24(9-11-30)14-33-13-19(24)26/h5-7,19H,8-14,26H2,1-4H3/t19-/m1/s1. The van der Waals surface area contributed by atoms with E-state index in [4.69, 9.17) is 36.8 Å². The summed E-state index contributed by atoms with van der Waals surface area (Å²) in [6.07, 6.45) is 1.94. The van der Waals surface area contributed by atoms with Gasteiger partial charge in [-0.2, -0.15) is 0 Å². The number of hydrogen-bond donors (Lipinski definition) is 1. The molecule has 2 saturated heterocycles. The third-order valence-corrected chi connectivity index (χ3v) is 8.36. The Kier molecular flexibility index (Phi) is 7.69. The zero-order valence-electron chi connectivity index (χ0n) is 20.1. The predicted molar refractivity (Wildman–Crippen MR) is 134 cm³/mol. The van der Waals surface area contributed by atoms with Gasteiger partial charge in [-0.1, -0.05) is 29.4 Å². The second-order valence-electron chi connectivity index (χ2n) is 9.21. The molecule has 1 spiro atoms. The first kappa shape index (κ1) is 25.2. The second kappa shape index (κ2) is 10.4. The van der Waals surface area contributed by atoms with E-state index in [2.05, 4.69) is 4.90 Å². The van der Waals surface area contributed by atoms with Gasteiger partial charge in [0, 0.05) is 50.6 Å². The summed E-state index contributed by atoms with van der Waals surface area (Å²) in [6, 6.07) is 5.55. The normalized spacial score (nSPS) is 19.6. The van der Waals surface area contributed by atoms with Crippen molar-refractivity contribution in [2.24, 2.45) is 11.1 Å². The van der Waals surface area contributed by atoms with E-state index < -0.39 is 0 Å². The van der Waals surface area contributed by atoms with Crippen molar-refractivity contribution in [2.75, 3.05) is 52.4 Å². The number of carbonyl (C=O) groups is 1. The van der Waals surface area contributed by atoms with Gasteiger partial charge in [0.15, 0.2) is 5.82 Å². The molecule has 2 N–H and O–H groups in total. The van der Waals surface area contributed by atoms with Crippen LogP contribution < -0.4 is 10.6 Å². The van der Waals surface area contributed by atoms with Crippen LogP contribution in [0.5, 0.6) is 0 Å². The molecule has 0 unspecified atom stereocenters. The number of amides is 1. The second-order valence-corrected chi connectivity index (χ2v) is 10.6. The Morgan fingerprint density at radius 3 is 2.71 bits per heavy atom. The molecule has 1 atom stereocenters. The number of nitrogens with two attached hydrogens (primary N) is 1. The first-order chi connectivity index (χ1) is 16.3. The van der Waals surface area contributed by atoms with Gasteiger partial charge in [0.2, 0.25) is 0 Å². The van der Waals surface area contributed by atoms with Crippen LogP contribution in [0.2, 0.25) is 5.02 Å². The van der Waals surface area contributed by atoms with Crippen molar-refractivity contribution in [1.82, 2.24) is 14.9 Å². The lowest BCUT2D eigenvalue weighted by atomic mass is 9.75. The number of aromatic nitrogens is 2. The summed E-state index contributed by atoms with van der Waals surface area (Å²) in [5, 5.41) is 1.16. The summed E-state index contributed by atoms with van der Waals surface area (Å²) >= 11 is 8.02. The first-order valence-corrected chi connectivity index (χ1v) is 12.6. The zero-order chi connectivity index (χ0) is 24.5. The van der Waals surface area contributed by atoms with Crippen molar-refractivity contribution in [3.05, 3.63) is 40.2 Å². The summed E-state index contributed by atoms with van der Waals surface area (Å²) in [7, 11) is 5.07. The molecule has 8 nitrogen and oxygen atoms in total. The third kappa shape index (κ3) is 4.90. The SMILES string of the molecule is COCc1nc(Sc2cccc(C(=O)N(C)C)c2Cl)c(C)nc1N1CCC2(CC1)COC[C@H]2N. The summed E-state index contributed by atoms with van der Waals surface area (Å²) < 4.78 is 11.1. The number of halogens is 1. The Morgan fingerprint density at radius 1 is 1.35 bits per heavy atom. The number of anilines is 1. The highest BCUT2D eigenvalue weighted by Gasteiger charge is 2.44. The van der Waals surface area contributed by atoms with Gasteiger partial charge in [0.05, 0.1) is 36.1 Å². The van der Waals surface area contributed by atoms with Crippen molar-refractivity contribution in [3.8, 4) is 0 Å². The minimum Gasteiger partial charge on any atom is -0.379 e. The fraction of sp³-hybridized carbons (Fsp3) is 0.542. The fourth-order valence-corrected chi connectivity index (χ4v) is 5.79. The molecule has 10 heteroatoms. The van der Waals surface area contributed by atoms with E-state index in [-0.39, 0.29) is 17.4 Å². The highest BCUT2D eigenvalue weighted by molar-refractivity contribution is 7.99. The highest BCUT2D eigenvalue weighted by atomic mass is 35.5. The lowest BCUT2D eigenvalue weighted by molar-refractivity contribution is 0.0827. The van der Waals surface area contributed by atoms with Crippen LogP contribution in [0.1, 0.15) is 34.6 Å². The first-order valence-electron chi connectivity index (χ1n) is 11.4. The number of rotatable bonds is 6. The lowest BCUT2D eigenvalue weighted by Gasteiger charge is -2.41. The molecule has 184 valence electrons. The topological polar surface area (TPSA) is 93.8 Å². The van der Waals surface area contributed by atoms with Crippen LogP contribution in [0.15, 0.2) is 28.1 Å². The van der Waals surface area contributed by atoms with Crippen molar-refractivity contribution >= 4 is 35.1 Å². The summed E-state index contributed by atoms with van der Waals surface area (Å²) in [5.41, 5.74) is 8.48. The number of methoxy groups -OCH3 is 1. The molecule has 1 aromatic heterocycles. The van der Waals surface area contributed by atoms with Crippen LogP contribution in [0, 0.1) is 12.3 Å². The number of carbonyl (C=O) groups excluding carboxylic acids is 1. The molecule has 2 aliphatic rings. The Balaban J connectivity index is 1.59. The maximum atomic E-state index is 12.5. The molecule has 2 aliphatic heterocycles. The van der Waals surface area contributed by atoms with Gasteiger partial charge in [0.25, 0.3) is 5.91 Å². The molecule has 3 heterocycles. The van der Waals surface area contributed by atoms with Crippen molar-refractivity contribution in [3.63, 3.8) is 0 Å². The molecule has 2 aromatic rings. The molecule has 34 heavy (non-hydrogen) atoms.